The normalized spacial score (nSPS) is 9.56. The zero-order valence-corrected chi connectivity index (χ0v) is 9.74. The number of hydrogen-bond donors (Lipinski definition) is 0. The molecule has 1 aromatic rings. The molecule has 0 atom stereocenters. The summed E-state index contributed by atoms with van der Waals surface area (Å²) in [5, 5.41) is 0. The first-order chi connectivity index (χ1) is 7.43. The van der Waals surface area contributed by atoms with Gasteiger partial charge in [-0.3, -0.25) is 0 Å². The molecule has 0 aliphatic carbocycles. The van der Waals surface area contributed by atoms with Gasteiger partial charge >= 0.3 is 29.6 Å². The van der Waals surface area contributed by atoms with Gasteiger partial charge in [0.25, 0.3) is 0 Å². The van der Waals surface area contributed by atoms with Crippen molar-refractivity contribution in [3.8, 4) is 5.75 Å². The topological polar surface area (TPSA) is 9.23 Å². The van der Waals surface area contributed by atoms with Crippen LogP contribution >= 0.6 is 0 Å². The Labute approximate surface area is 122 Å². The minimum absolute atomic E-state index is 0. The molecule has 0 aromatic heterocycles. The van der Waals surface area contributed by atoms with E-state index >= 15 is 0 Å². The third-order valence-electron chi connectivity index (χ3n) is 2.51. The Morgan fingerprint density at radius 1 is 0.875 bits per heavy atom. The van der Waals surface area contributed by atoms with Crippen LogP contribution in [0.1, 0.15) is 45.4 Å². The van der Waals surface area contributed by atoms with E-state index in [0.717, 1.165) is 12.4 Å². The third-order valence-corrected chi connectivity index (χ3v) is 2.51. The van der Waals surface area contributed by atoms with Crippen molar-refractivity contribution in [1.82, 2.24) is 0 Å². The number of para-hydroxylation sites is 1. The van der Waals surface area contributed by atoms with Crippen LogP contribution in [-0.4, -0.2) is 36.2 Å². The average molecular weight is 230 g/mol. The van der Waals surface area contributed by atoms with Gasteiger partial charge in [0.1, 0.15) is 5.75 Å². The van der Waals surface area contributed by atoms with Gasteiger partial charge in [-0.1, -0.05) is 57.2 Å². The number of hydrogen-bond acceptors (Lipinski definition) is 1. The molecule has 16 heavy (non-hydrogen) atoms. The summed E-state index contributed by atoms with van der Waals surface area (Å²) < 4.78 is 5.61. The predicted octanol–water partition coefficient (Wildman–Crippen LogP) is 3.78. The van der Waals surface area contributed by atoms with Gasteiger partial charge in [0, 0.05) is 0 Å². The second kappa shape index (κ2) is 11.5. The van der Waals surface area contributed by atoms with Crippen molar-refractivity contribution in [2.45, 2.75) is 45.4 Å². The average Bonchev–Trinajstić information content (AvgIpc) is 2.29. The molecular formula is C14H23NaO. The van der Waals surface area contributed by atoms with Gasteiger partial charge in [0.05, 0.1) is 6.61 Å². The van der Waals surface area contributed by atoms with Crippen LogP contribution in [-0.2, 0) is 0 Å². The second-order valence-electron chi connectivity index (χ2n) is 3.93. The molecule has 0 radical (unpaired) electrons. The fraction of sp³-hybridized carbons (Fsp3) is 0.571. The maximum atomic E-state index is 5.61. The molecule has 86 valence electrons. The second-order valence-corrected chi connectivity index (χ2v) is 3.93. The van der Waals surface area contributed by atoms with E-state index in [0.29, 0.717) is 0 Å². The molecule has 1 nitrogen and oxygen atoms in total. The molecule has 0 heterocycles. The van der Waals surface area contributed by atoms with E-state index in [-0.39, 0.29) is 29.6 Å². The van der Waals surface area contributed by atoms with Gasteiger partial charge in [-0.25, -0.2) is 0 Å². The van der Waals surface area contributed by atoms with Gasteiger partial charge in [-0.05, 0) is 18.6 Å². The number of benzene rings is 1. The Balaban J connectivity index is 0.00000225. The van der Waals surface area contributed by atoms with Crippen molar-refractivity contribution in [3.05, 3.63) is 30.3 Å². The summed E-state index contributed by atoms with van der Waals surface area (Å²) in [4.78, 5) is 0. The van der Waals surface area contributed by atoms with E-state index in [9.17, 15) is 0 Å². The van der Waals surface area contributed by atoms with Crippen LogP contribution in [0.2, 0.25) is 0 Å². The van der Waals surface area contributed by atoms with Crippen LogP contribution < -0.4 is 4.74 Å². The number of rotatable bonds is 8. The Kier molecular flexibility index (Phi) is 11.5. The molecule has 0 amide bonds. The molecule has 0 unspecified atom stereocenters. The van der Waals surface area contributed by atoms with Crippen molar-refractivity contribution >= 4 is 29.6 Å². The van der Waals surface area contributed by atoms with Crippen molar-refractivity contribution in [2.75, 3.05) is 6.61 Å². The van der Waals surface area contributed by atoms with Crippen LogP contribution in [0.4, 0.5) is 0 Å². The van der Waals surface area contributed by atoms with Gasteiger partial charge in [-0.15, -0.1) is 0 Å². The summed E-state index contributed by atoms with van der Waals surface area (Å²) in [7, 11) is 0. The molecule has 0 fully saturated rings. The van der Waals surface area contributed by atoms with Gasteiger partial charge in [0.2, 0.25) is 0 Å². The molecule has 1 rings (SSSR count). The molecule has 0 N–H and O–H groups in total. The molecule has 0 bridgehead atoms. The van der Waals surface area contributed by atoms with Gasteiger partial charge < -0.3 is 4.74 Å². The summed E-state index contributed by atoms with van der Waals surface area (Å²) in [6.45, 7) is 3.11. The molecular weight excluding hydrogens is 207 g/mol. The molecule has 0 saturated carbocycles. The van der Waals surface area contributed by atoms with Crippen molar-refractivity contribution in [2.24, 2.45) is 0 Å². The van der Waals surface area contributed by atoms with Crippen molar-refractivity contribution < 1.29 is 4.74 Å². The number of ether oxygens (including phenoxy) is 1. The molecule has 2 heteroatoms. The first-order valence-electron chi connectivity index (χ1n) is 6.11. The van der Waals surface area contributed by atoms with E-state index in [1.165, 1.54) is 38.5 Å². The minimum atomic E-state index is 0. The Morgan fingerprint density at radius 3 is 2.19 bits per heavy atom. The molecule has 1 aromatic carbocycles. The third kappa shape index (κ3) is 8.20. The Hall–Kier alpha value is 0.0200. The Morgan fingerprint density at radius 2 is 1.50 bits per heavy atom. The Bertz CT molecular complexity index is 236. The quantitative estimate of drug-likeness (QED) is 0.488. The van der Waals surface area contributed by atoms with E-state index in [2.05, 4.69) is 6.92 Å². The molecule has 0 spiro atoms. The van der Waals surface area contributed by atoms with Crippen LogP contribution in [0.15, 0.2) is 30.3 Å². The van der Waals surface area contributed by atoms with Crippen LogP contribution in [0.25, 0.3) is 0 Å². The van der Waals surface area contributed by atoms with Crippen molar-refractivity contribution in [3.63, 3.8) is 0 Å². The summed E-state index contributed by atoms with van der Waals surface area (Å²) in [6.07, 6.45) is 7.90. The molecule has 0 aliphatic rings. The summed E-state index contributed by atoms with van der Waals surface area (Å²) in [6, 6.07) is 10.1. The summed E-state index contributed by atoms with van der Waals surface area (Å²) >= 11 is 0. The zero-order chi connectivity index (χ0) is 10.8. The van der Waals surface area contributed by atoms with Gasteiger partial charge in [0.15, 0.2) is 0 Å². The summed E-state index contributed by atoms with van der Waals surface area (Å²) in [5.41, 5.74) is 0. The van der Waals surface area contributed by atoms with Crippen LogP contribution in [0.5, 0.6) is 5.75 Å². The van der Waals surface area contributed by atoms with E-state index < -0.39 is 0 Å². The SMILES string of the molecule is CCCCCCCCOc1ccccc1.[NaH]. The van der Waals surface area contributed by atoms with Crippen LogP contribution in [0.3, 0.4) is 0 Å². The fourth-order valence-corrected chi connectivity index (χ4v) is 1.59. The van der Waals surface area contributed by atoms with E-state index in [1.807, 2.05) is 30.3 Å². The molecule has 0 saturated heterocycles. The van der Waals surface area contributed by atoms with E-state index in [1.54, 1.807) is 0 Å². The van der Waals surface area contributed by atoms with Crippen molar-refractivity contribution in [1.29, 1.82) is 0 Å². The predicted molar refractivity (Wildman–Crippen MR) is 72.5 cm³/mol. The fourth-order valence-electron chi connectivity index (χ4n) is 1.59. The maximum absolute atomic E-state index is 5.61. The first-order valence-corrected chi connectivity index (χ1v) is 6.11. The summed E-state index contributed by atoms with van der Waals surface area (Å²) in [5.74, 6) is 0.992. The standard InChI is InChI=1S/C14H22O.Na.H/c1-2-3-4-5-6-10-13-15-14-11-8-7-9-12-14;;/h7-9,11-12H,2-6,10,13H2,1H3;;. The zero-order valence-electron chi connectivity index (χ0n) is 9.74. The van der Waals surface area contributed by atoms with Crippen LogP contribution in [0, 0.1) is 0 Å². The molecule has 0 aliphatic heterocycles. The van der Waals surface area contributed by atoms with Gasteiger partial charge in [-0.2, -0.15) is 0 Å². The van der Waals surface area contributed by atoms with E-state index in [4.69, 9.17) is 4.74 Å². The monoisotopic (exact) mass is 230 g/mol. The number of unbranched alkanes of at least 4 members (excludes halogenated alkanes) is 5. The first kappa shape index (κ1) is 16.0.